The van der Waals surface area contributed by atoms with Crippen molar-refractivity contribution < 1.29 is 44.9 Å². The van der Waals surface area contributed by atoms with Gasteiger partial charge in [0, 0.05) is 76.5 Å². The Morgan fingerprint density at radius 3 is 2.54 bits per heavy atom. The van der Waals surface area contributed by atoms with Gasteiger partial charge in [-0.05, 0) is 198 Å². The lowest BCUT2D eigenvalue weighted by Gasteiger charge is -2.52. The Morgan fingerprint density at radius 1 is 0.824 bits per heavy atom. The average Bonchev–Trinajstić information content (AvgIpc) is 0.865. The van der Waals surface area contributed by atoms with Gasteiger partial charge < -0.3 is 50.2 Å². The predicted molar refractivity (Wildman–Crippen MR) is 351 cm³/mol. The van der Waals surface area contributed by atoms with Crippen molar-refractivity contribution in [1.82, 2.24) is 5.32 Å². The fourth-order valence-electron chi connectivity index (χ4n) is 17.5. The van der Waals surface area contributed by atoms with E-state index in [0.717, 1.165) is 114 Å². The molecule has 14 atom stereocenters. The third-order valence-corrected chi connectivity index (χ3v) is 29.7. The van der Waals surface area contributed by atoms with Gasteiger partial charge in [0.15, 0.2) is 5.76 Å². The van der Waals surface area contributed by atoms with Crippen molar-refractivity contribution in [2.45, 2.75) is 174 Å². The molecular weight excluding hydrogens is 1180 g/mol. The molecule has 17 heteroatoms. The summed E-state index contributed by atoms with van der Waals surface area (Å²) in [5, 5.41) is 94.1. The van der Waals surface area contributed by atoms with Crippen LogP contribution in [-0.4, -0.2) is 94.8 Å². The van der Waals surface area contributed by atoms with Crippen LogP contribution in [0.25, 0.3) is 44.2 Å². The second kappa shape index (κ2) is 23.2. The highest BCUT2D eigenvalue weighted by atomic mass is 33.1. The van der Waals surface area contributed by atoms with Crippen molar-refractivity contribution in [3.8, 4) is 45.4 Å². The van der Waals surface area contributed by atoms with Gasteiger partial charge in [-0.15, -0.1) is 0 Å². The Kier molecular flexibility index (Phi) is 15.8. The van der Waals surface area contributed by atoms with Gasteiger partial charge in [0.2, 0.25) is 11.2 Å². The van der Waals surface area contributed by atoms with Crippen LogP contribution >= 0.6 is 64.8 Å². The lowest BCUT2D eigenvalue weighted by atomic mass is 9.56. The minimum absolute atomic E-state index is 0.00510. The first-order valence-corrected chi connectivity index (χ1v) is 38.6. The topological polar surface area (TPSA) is 193 Å². The van der Waals surface area contributed by atoms with Gasteiger partial charge in [0.1, 0.15) is 34.3 Å². The van der Waals surface area contributed by atoms with E-state index in [1.807, 2.05) is 38.4 Å². The molecule has 2 saturated heterocycles. The van der Waals surface area contributed by atoms with Crippen LogP contribution in [0.4, 0.5) is 0 Å². The molecule has 11 nitrogen and oxygen atoms in total. The molecule has 0 unspecified atom stereocenters. The fraction of sp³-hybridized carbons (Fsp3) is 0.544. The number of hydrogen-bond donors (Lipinski definition) is 8. The minimum atomic E-state index is -1.00. The van der Waals surface area contributed by atoms with Crippen molar-refractivity contribution in [1.29, 1.82) is 0 Å². The van der Waals surface area contributed by atoms with Gasteiger partial charge in [-0.25, -0.2) is 0 Å². The monoisotopic (exact) mass is 1260 g/mol. The van der Waals surface area contributed by atoms with Crippen molar-refractivity contribution in [2.24, 2.45) is 29.6 Å². The normalized spacial score (nSPS) is 32.4. The van der Waals surface area contributed by atoms with Gasteiger partial charge in [0.25, 0.3) is 0 Å². The number of aliphatic hydroxyl groups excluding tert-OH is 3. The zero-order chi connectivity index (χ0) is 58.2. The van der Waals surface area contributed by atoms with Crippen LogP contribution in [0.15, 0.2) is 63.8 Å². The summed E-state index contributed by atoms with van der Waals surface area (Å²) in [6, 6.07) is 19.2. The lowest BCUT2D eigenvalue weighted by Crippen LogP contribution is -2.50. The number of fused-ring (bicyclic) bond motifs is 6. The molecule has 2 saturated carbocycles. The number of ether oxygens (including phenoxy) is 1. The number of nitrogens with one attached hydrogen (secondary N) is 1. The highest BCUT2D eigenvalue weighted by molar-refractivity contribution is 8.77. The molecule has 18 rings (SSSR count). The van der Waals surface area contributed by atoms with Gasteiger partial charge in [-0.2, -0.15) is 0 Å². The zero-order valence-corrected chi connectivity index (χ0v) is 53.1. The molecule has 450 valence electrons. The molecule has 8 N–H and O–H groups in total. The van der Waals surface area contributed by atoms with Crippen LogP contribution in [0.3, 0.4) is 0 Å². The van der Waals surface area contributed by atoms with Gasteiger partial charge in [-0.1, -0.05) is 115 Å². The van der Waals surface area contributed by atoms with Crippen LogP contribution < -0.4 is 15.5 Å². The molecule has 9 heterocycles. The molecule has 0 radical (unpaired) electrons. The van der Waals surface area contributed by atoms with E-state index in [0.29, 0.717) is 72.1 Å². The van der Waals surface area contributed by atoms with E-state index >= 15 is 4.79 Å². The SMILES string of the molecule is CC(C)Cc1cc2c3c(c1O)Cc1cccc(c1)[C@H]1N[C@H](CC[C@H]1SSC3)CSSC[C@H]1CC[C@@H]3CC[C@H](C[C@]3(O)C1)[C@H]1Cc3ccc4c5c6c(cc(c35)[C@H]1CCO)-c1c(O)cc3oc-2c(O)c(=O)c3c1O[C@H]1C[C@H]6[C@@H](O)[C@H]4SSCCC[C@@H]1O. The highest BCUT2D eigenvalue weighted by Gasteiger charge is 2.52. The van der Waals surface area contributed by atoms with E-state index in [1.54, 1.807) is 32.4 Å². The number of phenols is 2. The maximum atomic E-state index is 15.8. The van der Waals surface area contributed by atoms with Crippen molar-refractivity contribution in [2.75, 3.05) is 23.9 Å². The molecule has 20 bridgehead atoms. The van der Waals surface area contributed by atoms with E-state index < -0.39 is 41.0 Å². The Balaban J connectivity index is 0.977. The van der Waals surface area contributed by atoms with E-state index in [4.69, 9.17) is 9.15 Å². The molecule has 12 aliphatic rings. The average molecular weight is 1260 g/mol. The van der Waals surface area contributed by atoms with Crippen molar-refractivity contribution in [3.63, 3.8) is 0 Å². The Hall–Kier alpha value is -3.33. The minimum Gasteiger partial charge on any atom is -0.507 e. The number of hydrogen-bond acceptors (Lipinski definition) is 17. The molecule has 8 aliphatic heterocycles. The van der Waals surface area contributed by atoms with E-state index in [9.17, 15) is 35.7 Å². The summed E-state index contributed by atoms with van der Waals surface area (Å²) in [7, 11) is 10.9. The second-order valence-electron chi connectivity index (χ2n) is 26.9. The molecule has 4 fully saturated rings. The maximum absolute atomic E-state index is 15.8. The second-order valence-corrected chi connectivity index (χ2v) is 34.7. The summed E-state index contributed by atoms with van der Waals surface area (Å²) in [6.07, 6.45) is 8.42. The first kappa shape index (κ1) is 58.1. The van der Waals surface area contributed by atoms with E-state index in [2.05, 4.69) is 61.6 Å². The quantitative estimate of drug-likeness (QED) is 0.0777. The summed E-state index contributed by atoms with van der Waals surface area (Å²) in [6.45, 7) is 4.17. The first-order valence-electron chi connectivity index (χ1n) is 31.3. The van der Waals surface area contributed by atoms with Crippen molar-refractivity contribution in [3.05, 3.63) is 115 Å². The molecule has 85 heavy (non-hydrogen) atoms. The summed E-state index contributed by atoms with van der Waals surface area (Å²) in [5.41, 5.74) is 8.38. The van der Waals surface area contributed by atoms with Crippen LogP contribution in [0.5, 0.6) is 23.0 Å². The predicted octanol–water partition coefficient (Wildman–Crippen LogP) is 14.4. The molecule has 0 spiro atoms. The third-order valence-electron chi connectivity index (χ3n) is 21.4. The zero-order valence-electron chi connectivity index (χ0n) is 48.2. The number of aliphatic hydroxyl groups is 4. The molecule has 5 aromatic carbocycles. The first-order chi connectivity index (χ1) is 41.2. The number of aromatic hydroxyl groups is 3. The fourth-order valence-corrected chi connectivity index (χ4v) is 26.0. The maximum Gasteiger partial charge on any atom is 0.238 e. The highest BCUT2D eigenvalue weighted by Crippen LogP contribution is 2.63. The Morgan fingerprint density at radius 2 is 1.68 bits per heavy atom. The summed E-state index contributed by atoms with van der Waals surface area (Å²) < 4.78 is 14.1. The third kappa shape index (κ3) is 10.1. The smallest absolute Gasteiger partial charge is 0.238 e. The number of phenolic OH excluding ortho intramolecular Hbond substituents is 2. The molecular formula is C68H77NO10S6. The van der Waals surface area contributed by atoms with Crippen LogP contribution in [0.1, 0.15) is 164 Å². The van der Waals surface area contributed by atoms with E-state index in [-0.39, 0.29) is 98.7 Å². The summed E-state index contributed by atoms with van der Waals surface area (Å²) >= 11 is 0. The Bertz CT molecular complexity index is 3690. The number of rotatable bonds is 4. The summed E-state index contributed by atoms with van der Waals surface area (Å²) in [5.74, 6) is 2.97. The van der Waals surface area contributed by atoms with Crippen LogP contribution in [0, 0.1) is 29.6 Å². The van der Waals surface area contributed by atoms with Crippen molar-refractivity contribution >= 4 is 86.5 Å². The largest absolute Gasteiger partial charge is 0.507 e. The van der Waals surface area contributed by atoms with Crippen LogP contribution in [0.2, 0.25) is 0 Å². The number of piperidine rings is 1. The van der Waals surface area contributed by atoms with Gasteiger partial charge >= 0.3 is 0 Å². The number of benzene rings is 5. The van der Waals surface area contributed by atoms with Gasteiger partial charge in [-0.3, -0.25) is 4.79 Å². The molecule has 4 aliphatic carbocycles. The molecule has 6 aromatic rings. The molecule has 1 aromatic heterocycles. The van der Waals surface area contributed by atoms with Crippen LogP contribution in [-0.2, 0) is 25.0 Å². The Labute approximate surface area is 521 Å². The van der Waals surface area contributed by atoms with E-state index in [1.165, 1.54) is 17.2 Å². The lowest BCUT2D eigenvalue weighted by molar-refractivity contribution is -0.111. The van der Waals surface area contributed by atoms with Gasteiger partial charge in [0.05, 0.1) is 28.6 Å². The summed E-state index contributed by atoms with van der Waals surface area (Å²) in [4.78, 5) is 15.8. The molecule has 0 amide bonds. The standard InChI is InChI=1S/C68H77NO10S6/c1-32(2)19-38-23-46-49-31-83-84-54-15-13-40(69-60(54)36-6-3-5-33(20-36)21-45(49)61(38)73)30-82-81-29-34-8-11-39-12-9-37(28-68(39,77)27-34)43-22-35-10-14-42-58-55(35)44(41(43)16-17-70)24-47-56(58)48-25-52(50(71)7-4-18-80-85-67(42)62(48)74)78-66-57(47)51(72)26-53-59(66)63(75)64(76)65(46)79-53/h3,5-6,10,14,20,23-24,26,32,34,37,39-41,43,48,50,52,54,60,62,67,69-74,76-77H,4,7-9,11-13,15-19,21-22,25,27-31H2,1-2H3/t34-,37+,39+,40+,41-,43+,48+,50-,52-,54+,60+,62+,67-,68+/m0/s1.